The summed E-state index contributed by atoms with van der Waals surface area (Å²) >= 11 is 0. The Balaban J connectivity index is 1.43. The summed E-state index contributed by atoms with van der Waals surface area (Å²) in [4.78, 5) is 16.4. The van der Waals surface area contributed by atoms with Gasteiger partial charge in [-0.05, 0) is 0 Å². The first-order chi connectivity index (χ1) is 17.4. The van der Waals surface area contributed by atoms with Gasteiger partial charge in [-0.25, -0.2) is 0 Å². The Morgan fingerprint density at radius 3 is 2.08 bits per heavy atom. The molecule has 3 aliphatic heterocycles. The number of nitrogens with two attached hydrogens (primary N) is 1. The summed E-state index contributed by atoms with van der Waals surface area (Å²) in [5.41, 5.74) is 6.45. The molecule has 0 bridgehead atoms. The van der Waals surface area contributed by atoms with Crippen molar-refractivity contribution in [2.24, 2.45) is 0 Å². The molecule has 188 valence electrons. The van der Waals surface area contributed by atoms with Crippen molar-refractivity contribution in [3.8, 4) is 0 Å². The summed E-state index contributed by atoms with van der Waals surface area (Å²) < 4.78 is 38.6. The van der Waals surface area contributed by atoms with Crippen molar-refractivity contribution in [2.75, 3.05) is 19.5 Å². The van der Waals surface area contributed by atoms with Crippen LogP contribution in [0.15, 0.2) is 77.7 Å². The van der Waals surface area contributed by atoms with Crippen molar-refractivity contribution < 1.29 is 32.5 Å². The Kier molecular flexibility index (Phi) is 5.38. The molecule has 2 saturated heterocycles. The number of ether oxygens (including phenoxy) is 1. The summed E-state index contributed by atoms with van der Waals surface area (Å²) in [6, 6.07) is 20.2. The number of nitrogen functional groups attached to an aromatic ring is 1. The molecule has 3 aromatic rings. The molecular formula is C24H24N3O8P. The predicted octanol–water partition coefficient (Wildman–Crippen LogP) is 2.85. The van der Waals surface area contributed by atoms with Gasteiger partial charge in [0.05, 0.1) is 0 Å². The molecule has 0 radical (unpaired) electrons. The number of aliphatic hydroxyl groups excluding tert-OH is 1. The summed E-state index contributed by atoms with van der Waals surface area (Å²) in [7, 11) is -3.40. The maximum absolute atomic E-state index is 12.6. The van der Waals surface area contributed by atoms with Crippen LogP contribution in [0, 0.1) is 0 Å². The fourth-order valence-corrected chi connectivity index (χ4v) is 7.38. The zero-order valence-corrected chi connectivity index (χ0v) is 20.1. The fraction of sp³-hybridized carbons (Fsp3) is 0.250. The van der Waals surface area contributed by atoms with Crippen LogP contribution in [0.3, 0.4) is 0 Å². The second-order valence-electron chi connectivity index (χ2n) is 8.43. The average Bonchev–Trinajstić information content (AvgIpc) is 3.54. The van der Waals surface area contributed by atoms with Crippen LogP contribution in [0.25, 0.3) is 11.5 Å². The average molecular weight is 513 g/mol. The number of aliphatic hydroxyl groups is 1. The molecule has 1 spiro atoms. The SMILES string of the molecule is COP12(OC(c3ccccc3)=C(c3ccccc3)O1)O[C@@H]1[C@H](O2)[C@@H](CO)O[C@H]1n1ccc(N)nc1=O. The van der Waals surface area contributed by atoms with E-state index in [1.54, 1.807) is 0 Å². The standard InChI is InChI=1S/C24H24N3O8P/c1-30-36(32-19(15-8-4-2-5-9-15)20(33-36)16-10-6-3-7-11-16)34-21-17(14-28)31-23(22(21)35-36)27-13-12-18(25)26-24(27)29/h2-13,17,21-23,28H,14H2,1H3,(H2,25,26,29)/t17-,21-,22-,23-/m1/s1. The van der Waals surface area contributed by atoms with E-state index in [1.165, 1.54) is 23.9 Å². The molecule has 2 aromatic carbocycles. The van der Waals surface area contributed by atoms with Gasteiger partial charge in [0.2, 0.25) is 0 Å². The van der Waals surface area contributed by atoms with Gasteiger partial charge in [0.25, 0.3) is 0 Å². The summed E-state index contributed by atoms with van der Waals surface area (Å²) in [5.74, 6) is 0.828. The van der Waals surface area contributed by atoms with Gasteiger partial charge in [-0.1, -0.05) is 0 Å². The van der Waals surface area contributed by atoms with Gasteiger partial charge >= 0.3 is 206 Å². The van der Waals surface area contributed by atoms with Crippen molar-refractivity contribution in [1.29, 1.82) is 0 Å². The summed E-state index contributed by atoms with van der Waals surface area (Å²) in [6.45, 7) is -0.404. The normalized spacial score (nSPS) is 28.8. The van der Waals surface area contributed by atoms with Crippen LogP contribution < -0.4 is 11.4 Å². The Bertz CT molecular complexity index is 1330. The second kappa shape index (κ2) is 8.38. The molecule has 3 aliphatic rings. The van der Waals surface area contributed by atoms with E-state index in [9.17, 15) is 9.90 Å². The number of hydrogen-bond acceptors (Lipinski definition) is 10. The molecule has 4 heterocycles. The minimum atomic E-state index is -4.77. The van der Waals surface area contributed by atoms with Crippen molar-refractivity contribution in [3.05, 3.63) is 94.5 Å². The van der Waals surface area contributed by atoms with E-state index >= 15 is 0 Å². The molecule has 12 heteroatoms. The molecule has 36 heavy (non-hydrogen) atoms. The van der Waals surface area contributed by atoms with Crippen molar-refractivity contribution in [3.63, 3.8) is 0 Å². The van der Waals surface area contributed by atoms with Gasteiger partial charge in [-0.3, -0.25) is 0 Å². The zero-order chi connectivity index (χ0) is 24.9. The number of nitrogens with zero attached hydrogens (tertiary/aromatic N) is 2. The Morgan fingerprint density at radius 1 is 0.972 bits per heavy atom. The van der Waals surface area contributed by atoms with Crippen LogP contribution in [0.1, 0.15) is 17.4 Å². The first kappa shape index (κ1) is 23.1. The molecule has 2 fully saturated rings. The van der Waals surface area contributed by atoms with Gasteiger partial charge in [0, 0.05) is 0 Å². The number of aromatic nitrogens is 2. The van der Waals surface area contributed by atoms with E-state index in [-0.39, 0.29) is 5.82 Å². The third-order valence-corrected chi connectivity index (χ3v) is 8.97. The molecule has 1 aromatic heterocycles. The molecule has 0 saturated carbocycles. The Labute approximate surface area is 205 Å². The van der Waals surface area contributed by atoms with Crippen molar-refractivity contribution >= 4 is 25.1 Å². The van der Waals surface area contributed by atoms with Crippen molar-refractivity contribution in [2.45, 2.75) is 24.5 Å². The molecule has 0 unspecified atom stereocenters. The number of benzene rings is 2. The third-order valence-electron chi connectivity index (χ3n) is 6.24. The van der Waals surface area contributed by atoms with Gasteiger partial charge in [0.1, 0.15) is 0 Å². The second-order valence-corrected chi connectivity index (χ2v) is 11.1. The van der Waals surface area contributed by atoms with Crippen LogP contribution >= 0.6 is 7.74 Å². The van der Waals surface area contributed by atoms with E-state index in [1.807, 2.05) is 60.7 Å². The van der Waals surface area contributed by atoms with Crippen molar-refractivity contribution in [1.82, 2.24) is 9.55 Å². The van der Waals surface area contributed by atoms with E-state index in [0.717, 1.165) is 11.1 Å². The van der Waals surface area contributed by atoms with Crippen LogP contribution in [0.4, 0.5) is 5.82 Å². The monoisotopic (exact) mass is 513 g/mol. The fourth-order valence-electron chi connectivity index (χ4n) is 4.55. The van der Waals surface area contributed by atoms with Crippen LogP contribution in [-0.2, 0) is 27.4 Å². The predicted molar refractivity (Wildman–Crippen MR) is 129 cm³/mol. The Hall–Kier alpha value is -3.31. The topological polar surface area (TPSA) is 137 Å². The van der Waals surface area contributed by atoms with Gasteiger partial charge in [0.15, 0.2) is 0 Å². The minimum absolute atomic E-state index is 0.0680. The zero-order valence-electron chi connectivity index (χ0n) is 19.2. The number of anilines is 1. The summed E-state index contributed by atoms with van der Waals surface area (Å²) in [6.07, 6.45) is -2.20. The molecular weight excluding hydrogens is 489 g/mol. The first-order valence-electron chi connectivity index (χ1n) is 11.3. The maximum atomic E-state index is 12.6. The number of rotatable bonds is 5. The number of hydrogen-bond donors (Lipinski definition) is 2. The third kappa shape index (κ3) is 3.52. The van der Waals surface area contributed by atoms with Crippen LogP contribution in [-0.4, -0.2) is 46.7 Å². The Morgan fingerprint density at radius 2 is 1.56 bits per heavy atom. The van der Waals surface area contributed by atoms with Gasteiger partial charge in [-0.15, -0.1) is 0 Å². The van der Waals surface area contributed by atoms with Gasteiger partial charge in [-0.2, -0.15) is 0 Å². The molecule has 3 N–H and O–H groups in total. The molecule has 6 rings (SSSR count). The van der Waals surface area contributed by atoms with E-state index in [0.29, 0.717) is 11.5 Å². The quantitative estimate of drug-likeness (QED) is 0.490. The molecule has 11 nitrogen and oxygen atoms in total. The first-order valence-corrected chi connectivity index (χ1v) is 13.1. The molecule has 4 atom stereocenters. The molecule has 0 amide bonds. The number of fused-ring (bicyclic) bond motifs is 1. The van der Waals surface area contributed by atoms with Gasteiger partial charge < -0.3 is 0 Å². The van der Waals surface area contributed by atoms with Crippen LogP contribution in [0.2, 0.25) is 0 Å². The van der Waals surface area contributed by atoms with E-state index in [2.05, 4.69) is 4.98 Å². The van der Waals surface area contributed by atoms with E-state index < -0.39 is 44.6 Å². The summed E-state index contributed by atoms with van der Waals surface area (Å²) in [5, 5.41) is 10.0. The molecule has 0 aliphatic carbocycles. The van der Waals surface area contributed by atoms with E-state index in [4.69, 9.17) is 33.1 Å². The van der Waals surface area contributed by atoms with Crippen LogP contribution in [0.5, 0.6) is 0 Å².